The Hall–Kier alpha value is -0.580. The number of thioether (sulfide) groups is 1. The van der Waals surface area contributed by atoms with Crippen LogP contribution in [-0.2, 0) is 0 Å². The molecule has 94 valence electrons. The Morgan fingerprint density at radius 1 is 1.29 bits per heavy atom. The van der Waals surface area contributed by atoms with E-state index in [0.717, 1.165) is 31.1 Å². The van der Waals surface area contributed by atoms with E-state index in [0.29, 0.717) is 12.0 Å². The molecule has 0 saturated carbocycles. The molecule has 1 atom stereocenters. The quantitative estimate of drug-likeness (QED) is 0.893. The van der Waals surface area contributed by atoms with Gasteiger partial charge in [0, 0.05) is 36.7 Å². The van der Waals surface area contributed by atoms with Gasteiger partial charge >= 0.3 is 0 Å². The minimum absolute atomic E-state index is 0.311. The lowest BCUT2D eigenvalue weighted by Crippen LogP contribution is -2.34. The number of nitrogens with zero attached hydrogens (tertiary/aromatic N) is 1. The van der Waals surface area contributed by atoms with Crippen molar-refractivity contribution in [1.82, 2.24) is 4.90 Å². The molecule has 1 heterocycles. The van der Waals surface area contributed by atoms with Crippen LogP contribution in [0.1, 0.15) is 18.1 Å². The summed E-state index contributed by atoms with van der Waals surface area (Å²) in [5.74, 6) is 2.01. The molecular formula is C13H18FNOS. The maximum absolute atomic E-state index is 13.4. The van der Waals surface area contributed by atoms with E-state index in [1.54, 1.807) is 18.2 Å². The lowest BCUT2D eigenvalue weighted by atomic mass is 10.1. The van der Waals surface area contributed by atoms with E-state index >= 15 is 0 Å². The van der Waals surface area contributed by atoms with E-state index in [1.165, 1.54) is 6.07 Å². The lowest BCUT2D eigenvalue weighted by molar-refractivity contribution is 0.141. The highest BCUT2D eigenvalue weighted by molar-refractivity contribution is 7.99. The van der Waals surface area contributed by atoms with Crippen molar-refractivity contribution in [2.45, 2.75) is 12.5 Å². The second-order valence-electron chi connectivity index (χ2n) is 4.28. The highest BCUT2D eigenvalue weighted by atomic mass is 32.2. The van der Waals surface area contributed by atoms with Crippen LogP contribution >= 0.6 is 11.8 Å². The van der Waals surface area contributed by atoms with Gasteiger partial charge in [-0.15, -0.1) is 0 Å². The van der Waals surface area contributed by atoms with Crippen LogP contribution < -0.4 is 0 Å². The van der Waals surface area contributed by atoms with Crippen molar-refractivity contribution in [3.63, 3.8) is 0 Å². The fourth-order valence-electron chi connectivity index (χ4n) is 2.03. The summed E-state index contributed by atoms with van der Waals surface area (Å²) in [6.07, 6.45) is -0.0863. The third-order valence-electron chi connectivity index (χ3n) is 3.09. The van der Waals surface area contributed by atoms with Gasteiger partial charge in [0.1, 0.15) is 5.82 Å². The van der Waals surface area contributed by atoms with E-state index < -0.39 is 6.10 Å². The zero-order valence-electron chi connectivity index (χ0n) is 9.81. The Morgan fingerprint density at radius 3 is 2.71 bits per heavy atom. The third kappa shape index (κ3) is 3.69. The van der Waals surface area contributed by atoms with Crippen LogP contribution in [0, 0.1) is 5.82 Å². The monoisotopic (exact) mass is 255 g/mol. The fourth-order valence-corrected chi connectivity index (χ4v) is 3.01. The molecule has 1 N–H and O–H groups in total. The van der Waals surface area contributed by atoms with Gasteiger partial charge in [-0.3, -0.25) is 0 Å². The van der Waals surface area contributed by atoms with Gasteiger partial charge in [-0.05, 0) is 12.5 Å². The molecule has 1 aromatic carbocycles. The van der Waals surface area contributed by atoms with E-state index in [9.17, 15) is 9.50 Å². The maximum Gasteiger partial charge on any atom is 0.128 e. The van der Waals surface area contributed by atoms with Gasteiger partial charge in [-0.2, -0.15) is 11.8 Å². The number of hydrogen-bond acceptors (Lipinski definition) is 3. The normalized spacial score (nSPS) is 19.2. The molecule has 1 unspecified atom stereocenters. The molecule has 1 aliphatic heterocycles. The van der Waals surface area contributed by atoms with Crippen molar-refractivity contribution < 1.29 is 9.50 Å². The zero-order chi connectivity index (χ0) is 12.1. The first-order valence-corrected chi connectivity index (χ1v) is 7.15. The summed E-state index contributed by atoms with van der Waals surface area (Å²) < 4.78 is 13.4. The molecular weight excluding hydrogens is 237 g/mol. The van der Waals surface area contributed by atoms with Crippen LogP contribution in [-0.4, -0.2) is 41.1 Å². The van der Waals surface area contributed by atoms with Crippen molar-refractivity contribution >= 4 is 11.8 Å². The number of aliphatic hydroxyl groups is 1. The first kappa shape index (κ1) is 12.9. The van der Waals surface area contributed by atoms with Gasteiger partial charge in [0.15, 0.2) is 0 Å². The standard InChI is InChI=1S/C13H18FNOS/c14-12-4-2-1-3-11(12)13(16)5-6-15-7-9-17-10-8-15/h1-4,13,16H,5-10H2. The second-order valence-corrected chi connectivity index (χ2v) is 5.50. The summed E-state index contributed by atoms with van der Waals surface area (Å²) >= 11 is 1.97. The average Bonchev–Trinajstić information content (AvgIpc) is 2.38. The smallest absolute Gasteiger partial charge is 0.128 e. The molecule has 0 bridgehead atoms. The largest absolute Gasteiger partial charge is 0.388 e. The molecule has 17 heavy (non-hydrogen) atoms. The van der Waals surface area contributed by atoms with Gasteiger partial charge in [0.25, 0.3) is 0 Å². The van der Waals surface area contributed by atoms with E-state index in [4.69, 9.17) is 0 Å². The van der Waals surface area contributed by atoms with Gasteiger partial charge in [-0.25, -0.2) is 4.39 Å². The van der Waals surface area contributed by atoms with E-state index in [1.807, 2.05) is 11.8 Å². The van der Waals surface area contributed by atoms with Crippen LogP contribution in [0.25, 0.3) is 0 Å². The van der Waals surface area contributed by atoms with Gasteiger partial charge < -0.3 is 10.0 Å². The number of aliphatic hydroxyl groups excluding tert-OH is 1. The zero-order valence-corrected chi connectivity index (χ0v) is 10.6. The second kappa shape index (κ2) is 6.38. The number of halogens is 1. The van der Waals surface area contributed by atoms with Crippen LogP contribution in [0.4, 0.5) is 4.39 Å². The summed E-state index contributed by atoms with van der Waals surface area (Å²) in [6, 6.07) is 6.47. The van der Waals surface area contributed by atoms with Crippen molar-refractivity contribution in [3.05, 3.63) is 35.6 Å². The first-order chi connectivity index (χ1) is 8.27. The molecule has 0 aliphatic carbocycles. The average molecular weight is 255 g/mol. The van der Waals surface area contributed by atoms with Crippen molar-refractivity contribution in [2.75, 3.05) is 31.1 Å². The highest BCUT2D eigenvalue weighted by Crippen LogP contribution is 2.20. The van der Waals surface area contributed by atoms with Crippen molar-refractivity contribution in [1.29, 1.82) is 0 Å². The molecule has 0 amide bonds. The molecule has 1 fully saturated rings. The first-order valence-electron chi connectivity index (χ1n) is 6.00. The molecule has 1 aromatic rings. The van der Waals surface area contributed by atoms with Gasteiger partial charge in [-0.1, -0.05) is 18.2 Å². The van der Waals surface area contributed by atoms with Crippen molar-refractivity contribution in [3.8, 4) is 0 Å². The molecule has 0 spiro atoms. The summed E-state index contributed by atoms with van der Waals surface area (Å²) in [7, 11) is 0. The highest BCUT2D eigenvalue weighted by Gasteiger charge is 2.15. The SMILES string of the molecule is OC(CCN1CCSCC1)c1ccccc1F. The number of rotatable bonds is 4. The fraction of sp³-hybridized carbons (Fsp3) is 0.538. The topological polar surface area (TPSA) is 23.5 Å². The van der Waals surface area contributed by atoms with Crippen LogP contribution in [0.5, 0.6) is 0 Å². The molecule has 0 aromatic heterocycles. The molecule has 4 heteroatoms. The van der Waals surface area contributed by atoms with Crippen LogP contribution in [0.3, 0.4) is 0 Å². The van der Waals surface area contributed by atoms with E-state index in [-0.39, 0.29) is 5.82 Å². The summed E-state index contributed by atoms with van der Waals surface area (Å²) in [4.78, 5) is 2.33. The Kier molecular flexibility index (Phi) is 4.83. The molecule has 1 saturated heterocycles. The van der Waals surface area contributed by atoms with Gasteiger partial charge in [0.05, 0.1) is 6.10 Å². The van der Waals surface area contributed by atoms with Gasteiger partial charge in [0.2, 0.25) is 0 Å². The Morgan fingerprint density at radius 2 is 2.00 bits per heavy atom. The molecule has 1 aliphatic rings. The maximum atomic E-state index is 13.4. The van der Waals surface area contributed by atoms with Crippen molar-refractivity contribution in [2.24, 2.45) is 0 Å². The third-order valence-corrected chi connectivity index (χ3v) is 4.03. The summed E-state index contributed by atoms with van der Waals surface area (Å²) in [6.45, 7) is 3.00. The van der Waals surface area contributed by atoms with Crippen LogP contribution in [0.15, 0.2) is 24.3 Å². The molecule has 2 nitrogen and oxygen atoms in total. The number of benzene rings is 1. The minimum atomic E-state index is -0.689. The van der Waals surface area contributed by atoms with Crippen LogP contribution in [0.2, 0.25) is 0 Å². The molecule has 2 rings (SSSR count). The Balaban J connectivity index is 1.84. The Labute approximate surface area is 106 Å². The van der Waals surface area contributed by atoms with E-state index in [2.05, 4.69) is 4.90 Å². The summed E-state index contributed by atoms with van der Waals surface area (Å²) in [5.41, 5.74) is 0.416. The summed E-state index contributed by atoms with van der Waals surface area (Å²) in [5, 5.41) is 9.96. The molecule has 0 radical (unpaired) electrons. The minimum Gasteiger partial charge on any atom is -0.388 e. The number of hydrogen-bond donors (Lipinski definition) is 1. The Bertz CT molecular complexity index is 355. The lowest BCUT2D eigenvalue weighted by Gasteiger charge is -2.27. The predicted molar refractivity (Wildman–Crippen MR) is 69.7 cm³/mol. The predicted octanol–water partition coefficient (Wildman–Crippen LogP) is 2.30.